The molecule has 2 heterocycles. The van der Waals surface area contributed by atoms with E-state index in [0.717, 1.165) is 5.56 Å². The second-order valence-electron chi connectivity index (χ2n) is 4.96. The van der Waals surface area contributed by atoms with Crippen molar-refractivity contribution < 1.29 is 23.7 Å². The van der Waals surface area contributed by atoms with Crippen molar-refractivity contribution in [2.75, 3.05) is 13.9 Å². The molecule has 2 aliphatic heterocycles. The van der Waals surface area contributed by atoms with Gasteiger partial charge < -0.3 is 18.9 Å². The molecule has 1 aromatic carbocycles. The standard InChI is InChI=1S/C14H16O5/c1-7-8(2)14(15)19-12(7)9-4-10(16-3)13-11(5-9)17-6-18-13/h4-5,7-8,12H,6H2,1-3H3/t7-,8+,12+/m0/s1. The van der Waals surface area contributed by atoms with Crippen LogP contribution < -0.4 is 14.2 Å². The smallest absolute Gasteiger partial charge is 0.309 e. The molecule has 1 saturated heterocycles. The Bertz CT molecular complexity index is 525. The van der Waals surface area contributed by atoms with Gasteiger partial charge in [0.25, 0.3) is 0 Å². The number of rotatable bonds is 2. The lowest BCUT2D eigenvalue weighted by Crippen LogP contribution is -2.09. The number of ether oxygens (including phenoxy) is 4. The number of esters is 1. The van der Waals surface area contributed by atoms with Crippen LogP contribution in [0.1, 0.15) is 25.5 Å². The van der Waals surface area contributed by atoms with Crippen molar-refractivity contribution >= 4 is 5.97 Å². The van der Waals surface area contributed by atoms with Crippen LogP contribution in [0.5, 0.6) is 17.2 Å². The van der Waals surface area contributed by atoms with Crippen LogP contribution in [-0.4, -0.2) is 19.9 Å². The normalized spacial score (nSPS) is 28.4. The molecule has 0 amide bonds. The Morgan fingerprint density at radius 1 is 1.26 bits per heavy atom. The Kier molecular flexibility index (Phi) is 2.77. The van der Waals surface area contributed by atoms with E-state index in [1.807, 2.05) is 26.0 Å². The van der Waals surface area contributed by atoms with E-state index in [4.69, 9.17) is 18.9 Å². The first-order valence-corrected chi connectivity index (χ1v) is 6.30. The van der Waals surface area contributed by atoms with Crippen molar-refractivity contribution in [3.05, 3.63) is 17.7 Å². The molecule has 0 aliphatic carbocycles. The summed E-state index contributed by atoms with van der Waals surface area (Å²) in [5.41, 5.74) is 0.881. The first-order chi connectivity index (χ1) is 9.11. The van der Waals surface area contributed by atoms with Crippen LogP contribution in [0.2, 0.25) is 0 Å². The highest BCUT2D eigenvalue weighted by Gasteiger charge is 2.40. The molecule has 0 spiro atoms. The van der Waals surface area contributed by atoms with E-state index in [1.165, 1.54) is 0 Å². The fraction of sp³-hybridized carbons (Fsp3) is 0.500. The fourth-order valence-corrected chi connectivity index (χ4v) is 2.50. The molecule has 1 aromatic rings. The van der Waals surface area contributed by atoms with Crippen LogP contribution >= 0.6 is 0 Å². The van der Waals surface area contributed by atoms with Gasteiger partial charge in [0.15, 0.2) is 11.5 Å². The van der Waals surface area contributed by atoms with Gasteiger partial charge in [0.1, 0.15) is 6.10 Å². The SMILES string of the molecule is COc1cc([C@@H]2OC(=O)[C@H](C)[C@@H]2C)cc2c1OCO2. The number of hydrogen-bond acceptors (Lipinski definition) is 5. The van der Waals surface area contributed by atoms with Crippen LogP contribution in [-0.2, 0) is 9.53 Å². The van der Waals surface area contributed by atoms with Gasteiger partial charge in [0, 0.05) is 11.5 Å². The number of carbonyl (C=O) groups excluding carboxylic acids is 1. The van der Waals surface area contributed by atoms with E-state index >= 15 is 0 Å². The van der Waals surface area contributed by atoms with E-state index in [-0.39, 0.29) is 30.7 Å². The Balaban J connectivity index is 2.00. The number of benzene rings is 1. The van der Waals surface area contributed by atoms with E-state index in [2.05, 4.69) is 0 Å². The van der Waals surface area contributed by atoms with Crippen LogP contribution in [0.3, 0.4) is 0 Å². The topological polar surface area (TPSA) is 54.0 Å². The van der Waals surface area contributed by atoms with E-state index in [1.54, 1.807) is 7.11 Å². The van der Waals surface area contributed by atoms with Gasteiger partial charge in [-0.1, -0.05) is 13.8 Å². The molecule has 0 saturated carbocycles. The maximum atomic E-state index is 11.6. The average Bonchev–Trinajstić information content (AvgIpc) is 2.98. The van der Waals surface area contributed by atoms with Crippen molar-refractivity contribution in [1.29, 1.82) is 0 Å². The van der Waals surface area contributed by atoms with Crippen molar-refractivity contribution in [2.45, 2.75) is 20.0 Å². The molecule has 3 rings (SSSR count). The second-order valence-corrected chi connectivity index (χ2v) is 4.96. The summed E-state index contributed by atoms with van der Waals surface area (Å²) >= 11 is 0. The third kappa shape index (κ3) is 1.80. The van der Waals surface area contributed by atoms with Gasteiger partial charge in [-0.05, 0) is 12.1 Å². The lowest BCUT2D eigenvalue weighted by atomic mass is 9.90. The Hall–Kier alpha value is -1.91. The third-order valence-electron chi connectivity index (χ3n) is 3.89. The molecule has 5 nitrogen and oxygen atoms in total. The maximum Gasteiger partial charge on any atom is 0.309 e. The summed E-state index contributed by atoms with van der Waals surface area (Å²) in [6, 6.07) is 3.71. The van der Waals surface area contributed by atoms with E-state index in [9.17, 15) is 4.79 Å². The van der Waals surface area contributed by atoms with Gasteiger partial charge in [0.05, 0.1) is 13.0 Å². The molecule has 2 aliphatic rings. The average molecular weight is 264 g/mol. The first-order valence-electron chi connectivity index (χ1n) is 6.30. The van der Waals surface area contributed by atoms with Gasteiger partial charge in [-0.25, -0.2) is 0 Å². The lowest BCUT2D eigenvalue weighted by molar-refractivity contribution is -0.144. The van der Waals surface area contributed by atoms with Crippen LogP contribution in [0.4, 0.5) is 0 Å². The summed E-state index contributed by atoms with van der Waals surface area (Å²) in [5, 5.41) is 0. The van der Waals surface area contributed by atoms with Crippen molar-refractivity contribution in [1.82, 2.24) is 0 Å². The van der Waals surface area contributed by atoms with E-state index < -0.39 is 0 Å². The molecule has 5 heteroatoms. The monoisotopic (exact) mass is 264 g/mol. The van der Waals surface area contributed by atoms with Crippen LogP contribution in [0, 0.1) is 11.8 Å². The summed E-state index contributed by atoms with van der Waals surface area (Å²) in [5.74, 6) is 1.72. The molecule has 0 aromatic heterocycles. The highest BCUT2D eigenvalue weighted by atomic mass is 16.7. The predicted molar refractivity (Wildman–Crippen MR) is 66.3 cm³/mol. The predicted octanol–water partition coefficient (Wildman–Crippen LogP) is 2.29. The fourth-order valence-electron chi connectivity index (χ4n) is 2.50. The summed E-state index contributed by atoms with van der Waals surface area (Å²) in [7, 11) is 1.58. The molecule has 1 fully saturated rings. The first kappa shape index (κ1) is 12.1. The van der Waals surface area contributed by atoms with Crippen LogP contribution in [0.25, 0.3) is 0 Å². The van der Waals surface area contributed by atoms with Gasteiger partial charge >= 0.3 is 5.97 Å². The second kappa shape index (κ2) is 4.33. The Morgan fingerprint density at radius 2 is 2.05 bits per heavy atom. The Morgan fingerprint density at radius 3 is 2.68 bits per heavy atom. The quantitative estimate of drug-likeness (QED) is 0.767. The summed E-state index contributed by atoms with van der Waals surface area (Å²) in [4.78, 5) is 11.6. The molecular weight excluding hydrogens is 248 g/mol. The number of hydrogen-bond donors (Lipinski definition) is 0. The number of cyclic esters (lactones) is 1. The molecule has 0 unspecified atom stereocenters. The highest BCUT2D eigenvalue weighted by Crippen LogP contribution is 2.47. The zero-order valence-electron chi connectivity index (χ0n) is 11.1. The molecule has 102 valence electrons. The minimum atomic E-state index is -0.258. The van der Waals surface area contributed by atoms with Gasteiger partial charge in [0.2, 0.25) is 12.5 Å². The largest absolute Gasteiger partial charge is 0.493 e. The summed E-state index contributed by atoms with van der Waals surface area (Å²) < 4.78 is 21.5. The number of carbonyl (C=O) groups is 1. The maximum absolute atomic E-state index is 11.6. The zero-order valence-corrected chi connectivity index (χ0v) is 11.1. The highest BCUT2D eigenvalue weighted by molar-refractivity contribution is 5.75. The molecule has 0 radical (unpaired) electrons. The van der Waals surface area contributed by atoms with Gasteiger partial charge in [-0.3, -0.25) is 4.79 Å². The zero-order chi connectivity index (χ0) is 13.6. The van der Waals surface area contributed by atoms with Crippen molar-refractivity contribution in [3.63, 3.8) is 0 Å². The molecule has 0 N–H and O–H groups in total. The minimum absolute atomic E-state index is 0.0959. The third-order valence-corrected chi connectivity index (χ3v) is 3.89. The molecule has 19 heavy (non-hydrogen) atoms. The van der Waals surface area contributed by atoms with Gasteiger partial charge in [-0.15, -0.1) is 0 Å². The molecular formula is C14H16O5. The molecule has 0 bridgehead atoms. The van der Waals surface area contributed by atoms with Crippen molar-refractivity contribution in [3.8, 4) is 17.2 Å². The summed E-state index contributed by atoms with van der Waals surface area (Å²) in [6.45, 7) is 4.08. The van der Waals surface area contributed by atoms with Crippen molar-refractivity contribution in [2.24, 2.45) is 11.8 Å². The summed E-state index contributed by atoms with van der Waals surface area (Å²) in [6.07, 6.45) is -0.258. The molecule has 3 atom stereocenters. The lowest BCUT2D eigenvalue weighted by Gasteiger charge is -2.17. The van der Waals surface area contributed by atoms with E-state index in [0.29, 0.717) is 17.2 Å². The number of fused-ring (bicyclic) bond motifs is 1. The van der Waals surface area contributed by atoms with Gasteiger partial charge in [-0.2, -0.15) is 0 Å². The van der Waals surface area contributed by atoms with Crippen LogP contribution in [0.15, 0.2) is 12.1 Å². The number of methoxy groups -OCH3 is 1. The Labute approximate surface area is 111 Å². The minimum Gasteiger partial charge on any atom is -0.493 e.